The summed E-state index contributed by atoms with van der Waals surface area (Å²) in [4.78, 5) is 116. The quantitative estimate of drug-likeness (QED) is 0.0477. The number of Topliss-reactive ketones (excluding diaryl/α,β-unsaturated/α-hetero) is 4. The van der Waals surface area contributed by atoms with E-state index in [9.17, 15) is 63.6 Å². The van der Waals surface area contributed by atoms with Crippen LogP contribution in [0.15, 0.2) is 30.3 Å². The van der Waals surface area contributed by atoms with Gasteiger partial charge in [-0.15, -0.1) is 0 Å². The minimum absolute atomic E-state index is 0.0591. The van der Waals surface area contributed by atoms with Gasteiger partial charge in [-0.3, -0.25) is 49.0 Å². The smallest absolute Gasteiger partial charge is 0.245 e. The van der Waals surface area contributed by atoms with Gasteiger partial charge in [0.05, 0.1) is 38.4 Å². The predicted octanol–water partition coefficient (Wildman–Crippen LogP) is -7.87. The molecule has 2 unspecified atom stereocenters. The van der Waals surface area contributed by atoms with Crippen molar-refractivity contribution in [1.29, 1.82) is 0 Å². The first-order valence-electron chi connectivity index (χ1n) is 16.2. The lowest BCUT2D eigenvalue weighted by molar-refractivity contribution is -0.143. The highest BCUT2D eigenvalue weighted by Crippen LogP contribution is 2.08. The fourth-order valence-electron chi connectivity index (χ4n) is 4.96. The lowest BCUT2D eigenvalue weighted by atomic mass is 9.98. The number of carbonyl (C=O) groups is 9. The second-order valence-electron chi connectivity index (χ2n) is 12.0. The molecule has 1 aliphatic rings. The number of primary amides is 1. The van der Waals surface area contributed by atoms with Gasteiger partial charge < -0.3 is 47.4 Å². The third-order valence-electron chi connectivity index (χ3n) is 7.94. The van der Waals surface area contributed by atoms with E-state index in [-0.39, 0.29) is 6.42 Å². The molecule has 22 nitrogen and oxygen atoms in total. The number of hydrazine groups is 2. The Kier molecular flexibility index (Phi) is 17.8. The normalized spacial score (nSPS) is 24.0. The Labute approximate surface area is 302 Å². The summed E-state index contributed by atoms with van der Waals surface area (Å²) in [5.41, 5.74) is 12.8. The fraction of sp³-hybridized carbons (Fsp3) is 0.516. The number of hydrogen-bond acceptors (Lipinski definition) is 17. The Hall–Kier alpha value is -5.07. The van der Waals surface area contributed by atoms with E-state index in [4.69, 9.17) is 11.6 Å². The van der Waals surface area contributed by atoms with Gasteiger partial charge in [-0.05, 0) is 25.3 Å². The van der Waals surface area contributed by atoms with Crippen molar-refractivity contribution in [3.05, 3.63) is 35.9 Å². The maximum atomic E-state index is 13.5. The molecule has 1 saturated heterocycles. The number of nitrogens with two attached hydrogens (primary N) is 2. The van der Waals surface area contributed by atoms with E-state index >= 15 is 0 Å². The van der Waals surface area contributed by atoms with Gasteiger partial charge in [0.2, 0.25) is 52.7 Å². The molecule has 1 aromatic carbocycles. The van der Waals surface area contributed by atoms with Gasteiger partial charge >= 0.3 is 0 Å². The van der Waals surface area contributed by atoms with Crippen molar-refractivity contribution in [3.63, 3.8) is 0 Å². The maximum Gasteiger partial charge on any atom is 0.245 e. The van der Waals surface area contributed by atoms with Crippen LogP contribution in [0.25, 0.3) is 0 Å². The van der Waals surface area contributed by atoms with Crippen molar-refractivity contribution in [1.82, 2.24) is 37.5 Å². The summed E-state index contributed by atoms with van der Waals surface area (Å²) in [5.74, 6) is -5.69. The van der Waals surface area contributed by atoms with E-state index in [0.29, 0.717) is 5.56 Å². The van der Waals surface area contributed by atoms with Crippen LogP contribution in [0, 0.1) is 0 Å². The average Bonchev–Trinajstić information content (AvgIpc) is 3.13. The predicted molar refractivity (Wildman–Crippen MR) is 179 cm³/mol. The van der Waals surface area contributed by atoms with Crippen LogP contribution in [0.2, 0.25) is 0 Å². The average molecular weight is 752 g/mol. The molecule has 53 heavy (non-hydrogen) atoms. The number of benzene rings is 1. The van der Waals surface area contributed by atoms with E-state index in [1.54, 1.807) is 30.3 Å². The van der Waals surface area contributed by atoms with Crippen LogP contribution >= 0.6 is 0 Å². The van der Waals surface area contributed by atoms with Crippen LogP contribution < -0.4 is 49.1 Å². The summed E-state index contributed by atoms with van der Waals surface area (Å²) in [7, 11) is 0. The van der Waals surface area contributed by atoms with E-state index in [1.165, 1.54) is 0 Å². The van der Waals surface area contributed by atoms with Crippen molar-refractivity contribution in [2.45, 2.75) is 81.0 Å². The fourth-order valence-corrected chi connectivity index (χ4v) is 4.96. The van der Waals surface area contributed by atoms with Gasteiger partial charge in [0.25, 0.3) is 0 Å². The molecule has 0 radical (unpaired) electrons. The molecule has 0 saturated carbocycles. The number of aliphatic hydroxyl groups excluding tert-OH is 4. The molecule has 22 heteroatoms. The maximum absolute atomic E-state index is 13.5. The molecule has 1 aromatic rings. The minimum Gasteiger partial charge on any atom is -0.394 e. The number of amides is 5. The number of ketones is 4. The minimum atomic E-state index is -1.96. The van der Waals surface area contributed by atoms with Gasteiger partial charge in [0, 0.05) is 6.42 Å². The SMILES string of the molecule is C[C@@H](O)[C@@H]1NC(=O)[C@H](CO)NNC(C(=O)C(=O)[C@H](CO)NC(=O)[C@H](Cc2ccccc2)NN)CCC(=O)NC(CO)C(=O)C(=O)[C@H](CC(N)=O)NC1=O. The number of aliphatic hydroxyl groups is 4. The van der Waals surface area contributed by atoms with Crippen molar-refractivity contribution < 1.29 is 63.6 Å². The molecule has 292 valence electrons. The summed E-state index contributed by atoms with van der Waals surface area (Å²) < 4.78 is 0. The summed E-state index contributed by atoms with van der Waals surface area (Å²) in [6, 6.07) is -3.54. The van der Waals surface area contributed by atoms with Gasteiger partial charge in [-0.25, -0.2) is 16.3 Å². The second kappa shape index (κ2) is 21.5. The first kappa shape index (κ1) is 44.1. The first-order valence-corrected chi connectivity index (χ1v) is 16.2. The summed E-state index contributed by atoms with van der Waals surface area (Å²) >= 11 is 0. The van der Waals surface area contributed by atoms with Crippen LogP contribution in [-0.2, 0) is 49.6 Å². The van der Waals surface area contributed by atoms with Crippen LogP contribution in [0.4, 0.5) is 0 Å². The van der Waals surface area contributed by atoms with Crippen LogP contribution in [0.1, 0.15) is 31.7 Å². The van der Waals surface area contributed by atoms with Crippen molar-refractivity contribution in [2.75, 3.05) is 19.8 Å². The van der Waals surface area contributed by atoms with Crippen molar-refractivity contribution >= 4 is 52.7 Å². The zero-order valence-electron chi connectivity index (χ0n) is 28.6. The molecule has 1 aliphatic heterocycles. The summed E-state index contributed by atoms with van der Waals surface area (Å²) in [6.45, 7) is -2.17. The molecule has 8 atom stereocenters. The van der Waals surface area contributed by atoms with Crippen LogP contribution in [0.5, 0.6) is 0 Å². The molecule has 0 bridgehead atoms. The Balaban J connectivity index is 2.41. The van der Waals surface area contributed by atoms with E-state index in [2.05, 4.69) is 32.2 Å². The van der Waals surface area contributed by atoms with Gasteiger partial charge in [-0.1, -0.05) is 30.3 Å². The van der Waals surface area contributed by atoms with E-state index in [0.717, 1.165) is 6.92 Å². The zero-order valence-corrected chi connectivity index (χ0v) is 28.6. The molecule has 0 aliphatic carbocycles. The molecule has 15 N–H and O–H groups in total. The number of carbonyl (C=O) groups excluding carboxylic acids is 9. The third kappa shape index (κ3) is 13.1. The topological polar surface area (TPSA) is 371 Å². The highest BCUT2D eigenvalue weighted by atomic mass is 16.3. The molecular formula is C31H45N9O13. The standard InChI is InChI=1S/C31H45N9O13/c1-14(44)24-31(53)35-17(10-22(32)45)26(48)27(49)19(11-41)34-23(46)8-7-16(39-40-21(13-43)30(52)37-24)25(47)28(50)20(12-42)36-29(51)18(38-33)9-15-5-3-2-4-6-15/h2-6,14,16-21,24,38-44H,7-13,33H2,1H3,(H2,32,45)(H,34,46)(H,35,53)(H,36,51)(H,37,52)/t14-,16?,17+,18+,19?,20+,21+,24+/m1/s1. The summed E-state index contributed by atoms with van der Waals surface area (Å²) in [5, 5.41) is 48.3. The number of nitrogens with one attached hydrogen (secondary N) is 7. The molecule has 0 aromatic heterocycles. The van der Waals surface area contributed by atoms with Crippen molar-refractivity contribution in [3.8, 4) is 0 Å². The lowest BCUT2D eigenvalue weighted by Gasteiger charge is -2.27. The molecule has 2 rings (SSSR count). The monoisotopic (exact) mass is 751 g/mol. The van der Waals surface area contributed by atoms with Crippen LogP contribution in [-0.4, -0.2) is 141 Å². The van der Waals surface area contributed by atoms with E-state index < -0.39 is 140 Å². The molecule has 0 spiro atoms. The molecule has 1 heterocycles. The van der Waals surface area contributed by atoms with Crippen molar-refractivity contribution in [2.24, 2.45) is 11.6 Å². The molecule has 1 fully saturated rings. The van der Waals surface area contributed by atoms with Gasteiger partial charge in [0.1, 0.15) is 36.3 Å². The number of rotatable bonds is 14. The largest absolute Gasteiger partial charge is 0.394 e. The Morgan fingerprint density at radius 1 is 0.849 bits per heavy atom. The van der Waals surface area contributed by atoms with Crippen LogP contribution in [0.3, 0.4) is 0 Å². The Morgan fingerprint density at radius 3 is 2.02 bits per heavy atom. The zero-order chi connectivity index (χ0) is 39.8. The Bertz CT molecular complexity index is 1510. The lowest BCUT2D eigenvalue weighted by Crippen LogP contribution is -2.63. The Morgan fingerprint density at radius 2 is 1.47 bits per heavy atom. The van der Waals surface area contributed by atoms with Gasteiger partial charge in [-0.2, -0.15) is 0 Å². The highest BCUT2D eigenvalue weighted by molar-refractivity contribution is 6.42. The third-order valence-corrected chi connectivity index (χ3v) is 7.94. The highest BCUT2D eigenvalue weighted by Gasteiger charge is 2.38. The molecular weight excluding hydrogens is 706 g/mol. The van der Waals surface area contributed by atoms with E-state index in [1.807, 2.05) is 5.32 Å². The number of hydrogen-bond donors (Lipinski definition) is 13. The first-order chi connectivity index (χ1) is 25.1. The molecule has 5 amide bonds. The second-order valence-corrected chi connectivity index (χ2v) is 12.0. The van der Waals surface area contributed by atoms with Gasteiger partial charge in [0.15, 0.2) is 0 Å². The summed E-state index contributed by atoms with van der Waals surface area (Å²) in [6.07, 6.45) is -3.85.